The molecule has 0 amide bonds. The summed E-state index contributed by atoms with van der Waals surface area (Å²) >= 11 is 5.26. The van der Waals surface area contributed by atoms with E-state index in [1.165, 1.54) is 0 Å². The van der Waals surface area contributed by atoms with Gasteiger partial charge in [-0.2, -0.15) is 5.26 Å². The van der Waals surface area contributed by atoms with Crippen molar-refractivity contribution < 1.29 is 9.53 Å². The molecule has 1 rings (SSSR count). The van der Waals surface area contributed by atoms with Gasteiger partial charge in [0, 0.05) is 6.42 Å². The highest BCUT2D eigenvalue weighted by Crippen LogP contribution is 2.16. The van der Waals surface area contributed by atoms with Gasteiger partial charge in [0.15, 0.2) is 0 Å². The van der Waals surface area contributed by atoms with Crippen molar-refractivity contribution in [2.24, 2.45) is 5.92 Å². The second kappa shape index (κ2) is 6.14. The number of hydrogen-bond acceptors (Lipinski definition) is 3. The molecule has 0 radical (unpaired) electrons. The fraction of sp³-hybridized carbons (Fsp3) is 0.333. The SMILES string of the molecule is COc1ccc(C[C@H](C#N)CC(=O)Cl)cc1. The van der Waals surface area contributed by atoms with E-state index in [0.717, 1.165) is 11.3 Å². The first-order valence-corrected chi connectivity index (χ1v) is 5.24. The van der Waals surface area contributed by atoms with Gasteiger partial charge in [0.2, 0.25) is 5.24 Å². The topological polar surface area (TPSA) is 50.1 Å². The van der Waals surface area contributed by atoms with Crippen LogP contribution < -0.4 is 4.74 Å². The molecule has 0 saturated carbocycles. The fourth-order valence-corrected chi connectivity index (χ4v) is 1.59. The number of carbonyl (C=O) groups excluding carboxylic acids is 1. The largest absolute Gasteiger partial charge is 0.497 e. The summed E-state index contributed by atoms with van der Waals surface area (Å²) in [6.45, 7) is 0. The van der Waals surface area contributed by atoms with Crippen LogP contribution in [0.15, 0.2) is 24.3 Å². The lowest BCUT2D eigenvalue weighted by Crippen LogP contribution is -2.05. The van der Waals surface area contributed by atoms with E-state index in [1.807, 2.05) is 24.3 Å². The van der Waals surface area contributed by atoms with Crippen molar-refractivity contribution in [1.29, 1.82) is 5.26 Å². The third kappa shape index (κ3) is 3.92. The lowest BCUT2D eigenvalue weighted by Gasteiger charge is -2.07. The van der Waals surface area contributed by atoms with Gasteiger partial charge >= 0.3 is 0 Å². The summed E-state index contributed by atoms with van der Waals surface area (Å²) < 4.78 is 5.02. The number of benzene rings is 1. The molecule has 0 aliphatic rings. The Morgan fingerprint density at radius 2 is 2.12 bits per heavy atom. The number of hydrogen-bond donors (Lipinski definition) is 0. The summed E-state index contributed by atoms with van der Waals surface area (Å²) in [7, 11) is 1.60. The molecule has 0 N–H and O–H groups in total. The molecule has 0 unspecified atom stereocenters. The highest BCUT2D eigenvalue weighted by atomic mass is 35.5. The molecule has 1 aromatic rings. The van der Waals surface area contributed by atoms with Crippen molar-refractivity contribution in [2.75, 3.05) is 7.11 Å². The Hall–Kier alpha value is -1.53. The zero-order valence-corrected chi connectivity index (χ0v) is 9.70. The minimum Gasteiger partial charge on any atom is -0.497 e. The molecule has 0 fully saturated rings. The number of methoxy groups -OCH3 is 1. The summed E-state index contributed by atoms with van der Waals surface area (Å²) in [6, 6.07) is 9.48. The normalized spacial score (nSPS) is 11.6. The molecule has 1 atom stereocenters. The zero-order valence-electron chi connectivity index (χ0n) is 8.94. The van der Waals surface area contributed by atoms with Crippen LogP contribution in [0.25, 0.3) is 0 Å². The Labute approximate surface area is 99.6 Å². The molecule has 0 heterocycles. The van der Waals surface area contributed by atoms with Crippen molar-refractivity contribution in [2.45, 2.75) is 12.8 Å². The molecule has 0 aliphatic heterocycles. The van der Waals surface area contributed by atoms with E-state index in [9.17, 15) is 4.79 Å². The Kier molecular flexibility index (Phi) is 4.81. The Morgan fingerprint density at radius 1 is 1.50 bits per heavy atom. The smallest absolute Gasteiger partial charge is 0.222 e. The van der Waals surface area contributed by atoms with Gasteiger partial charge in [-0.05, 0) is 35.7 Å². The van der Waals surface area contributed by atoms with Crippen molar-refractivity contribution in [3.05, 3.63) is 29.8 Å². The molecule has 0 aliphatic carbocycles. The highest BCUT2D eigenvalue weighted by Gasteiger charge is 2.12. The number of ether oxygens (including phenoxy) is 1. The Bertz CT molecular complexity index is 394. The lowest BCUT2D eigenvalue weighted by molar-refractivity contribution is -0.112. The van der Waals surface area contributed by atoms with E-state index >= 15 is 0 Å². The maximum atomic E-state index is 10.7. The first kappa shape index (κ1) is 12.5. The molecule has 84 valence electrons. The van der Waals surface area contributed by atoms with Crippen LogP contribution in [0, 0.1) is 17.2 Å². The van der Waals surface area contributed by atoms with Crippen molar-refractivity contribution in [3.63, 3.8) is 0 Å². The van der Waals surface area contributed by atoms with Crippen LogP contribution in [0.1, 0.15) is 12.0 Å². The molecule has 0 bridgehead atoms. The van der Waals surface area contributed by atoms with Crippen LogP contribution >= 0.6 is 11.6 Å². The number of nitrogens with zero attached hydrogens (tertiary/aromatic N) is 1. The predicted molar refractivity (Wildman–Crippen MR) is 61.3 cm³/mol. The molecular weight excluding hydrogens is 226 g/mol. The molecular formula is C12H12ClNO2. The van der Waals surface area contributed by atoms with Crippen molar-refractivity contribution in [3.8, 4) is 11.8 Å². The van der Waals surface area contributed by atoms with Gasteiger partial charge in [-0.15, -0.1) is 0 Å². The van der Waals surface area contributed by atoms with Gasteiger partial charge in [-0.3, -0.25) is 4.79 Å². The van der Waals surface area contributed by atoms with Gasteiger partial charge in [0.25, 0.3) is 0 Å². The third-order valence-corrected chi connectivity index (χ3v) is 2.38. The minimum atomic E-state index is -0.472. The Balaban J connectivity index is 2.64. The summed E-state index contributed by atoms with van der Waals surface area (Å²) in [4.78, 5) is 10.7. The van der Waals surface area contributed by atoms with Crippen LogP contribution in [0.2, 0.25) is 0 Å². The summed E-state index contributed by atoms with van der Waals surface area (Å²) in [6.07, 6.45) is 0.614. The van der Waals surface area contributed by atoms with Crippen LogP contribution in [-0.2, 0) is 11.2 Å². The maximum Gasteiger partial charge on any atom is 0.222 e. The van der Waals surface area contributed by atoms with Crippen LogP contribution in [0.3, 0.4) is 0 Å². The van der Waals surface area contributed by atoms with Crippen molar-refractivity contribution >= 4 is 16.8 Å². The van der Waals surface area contributed by atoms with Crippen LogP contribution in [0.5, 0.6) is 5.75 Å². The second-order valence-electron chi connectivity index (χ2n) is 3.44. The van der Waals surface area contributed by atoms with Gasteiger partial charge in [0.05, 0.1) is 19.1 Å². The van der Waals surface area contributed by atoms with Gasteiger partial charge in [-0.25, -0.2) is 0 Å². The molecule has 0 aromatic heterocycles. The number of carbonyl (C=O) groups is 1. The molecule has 0 spiro atoms. The third-order valence-electron chi connectivity index (χ3n) is 2.23. The Morgan fingerprint density at radius 3 is 2.56 bits per heavy atom. The maximum absolute atomic E-state index is 10.7. The van der Waals surface area contributed by atoms with E-state index < -0.39 is 5.24 Å². The lowest BCUT2D eigenvalue weighted by atomic mass is 9.98. The van der Waals surface area contributed by atoms with E-state index in [2.05, 4.69) is 6.07 Å². The molecule has 4 heteroatoms. The minimum absolute atomic E-state index is 0.0874. The summed E-state index contributed by atoms with van der Waals surface area (Å²) in [5, 5.41) is 8.38. The average molecular weight is 238 g/mol. The first-order chi connectivity index (χ1) is 7.65. The average Bonchev–Trinajstić information content (AvgIpc) is 2.28. The highest BCUT2D eigenvalue weighted by molar-refractivity contribution is 6.63. The van der Waals surface area contributed by atoms with Crippen LogP contribution in [-0.4, -0.2) is 12.4 Å². The van der Waals surface area contributed by atoms with E-state index in [0.29, 0.717) is 6.42 Å². The standard InChI is InChI=1S/C12H12ClNO2/c1-16-11-4-2-9(3-5-11)6-10(8-14)7-12(13)15/h2-5,10H,6-7H2,1H3/t10-/m0/s1. The first-order valence-electron chi connectivity index (χ1n) is 4.86. The summed E-state index contributed by atoms with van der Waals surface area (Å²) in [5.74, 6) is 0.407. The number of halogens is 1. The number of nitriles is 1. The quantitative estimate of drug-likeness (QED) is 0.740. The van der Waals surface area contributed by atoms with Gasteiger partial charge in [0.1, 0.15) is 5.75 Å². The molecule has 0 saturated heterocycles. The van der Waals surface area contributed by atoms with E-state index in [4.69, 9.17) is 21.6 Å². The van der Waals surface area contributed by atoms with E-state index in [-0.39, 0.29) is 12.3 Å². The monoisotopic (exact) mass is 237 g/mol. The van der Waals surface area contributed by atoms with Gasteiger partial charge < -0.3 is 4.74 Å². The molecule has 16 heavy (non-hydrogen) atoms. The zero-order chi connectivity index (χ0) is 12.0. The molecule has 3 nitrogen and oxygen atoms in total. The predicted octanol–water partition coefficient (Wildman–Crippen LogP) is 2.53. The number of rotatable bonds is 5. The molecule has 1 aromatic carbocycles. The second-order valence-corrected chi connectivity index (χ2v) is 3.86. The van der Waals surface area contributed by atoms with Crippen molar-refractivity contribution in [1.82, 2.24) is 0 Å². The fourth-order valence-electron chi connectivity index (χ4n) is 1.40. The van der Waals surface area contributed by atoms with Crippen LogP contribution in [0.4, 0.5) is 0 Å². The van der Waals surface area contributed by atoms with E-state index in [1.54, 1.807) is 7.11 Å². The van der Waals surface area contributed by atoms with Gasteiger partial charge in [-0.1, -0.05) is 12.1 Å². The summed E-state index contributed by atoms with van der Waals surface area (Å²) in [5.41, 5.74) is 0.991.